The largest absolute Gasteiger partial charge is 0.383 e. The minimum absolute atomic E-state index is 0.235. The first-order valence-electron chi connectivity index (χ1n) is 4.62. The van der Waals surface area contributed by atoms with Gasteiger partial charge < -0.3 is 10.1 Å². The molecule has 1 aromatic carbocycles. The van der Waals surface area contributed by atoms with Crippen molar-refractivity contribution < 1.29 is 4.74 Å². The van der Waals surface area contributed by atoms with Crippen LogP contribution in [0, 0.1) is 11.3 Å². The molecule has 1 rings (SSSR count). The second kappa shape index (κ2) is 5.74. The fourth-order valence-corrected chi connectivity index (χ4v) is 1.75. The van der Waals surface area contributed by atoms with Gasteiger partial charge in [0.1, 0.15) is 0 Å². The van der Waals surface area contributed by atoms with E-state index in [1.807, 2.05) is 13.0 Å². The van der Waals surface area contributed by atoms with Gasteiger partial charge in [0.25, 0.3) is 0 Å². The smallest absolute Gasteiger partial charge is 0.0992 e. The summed E-state index contributed by atoms with van der Waals surface area (Å²) in [6, 6.07) is 7.79. The number of nitrogens with one attached hydrogen (secondary N) is 1. The van der Waals surface area contributed by atoms with Crippen LogP contribution in [0.5, 0.6) is 0 Å². The maximum Gasteiger partial charge on any atom is 0.0992 e. The molecule has 1 aromatic rings. The van der Waals surface area contributed by atoms with Crippen LogP contribution in [0.25, 0.3) is 0 Å². The van der Waals surface area contributed by atoms with Crippen molar-refractivity contribution in [3.05, 3.63) is 28.2 Å². The van der Waals surface area contributed by atoms with Crippen LogP contribution in [0.15, 0.2) is 22.7 Å². The number of nitriles is 1. The number of methoxy groups -OCH3 is 1. The maximum absolute atomic E-state index is 8.71. The number of anilines is 1. The van der Waals surface area contributed by atoms with Gasteiger partial charge in [-0.05, 0) is 41.1 Å². The molecule has 0 saturated carbocycles. The summed E-state index contributed by atoms with van der Waals surface area (Å²) < 4.78 is 5.92. The standard InChI is InChI=1S/C11H13BrN2O/c1-8(7-15-2)14-11-4-3-9(6-13)5-10(11)12/h3-5,8,14H,7H2,1-2H3/t8-/m0/s1. The van der Waals surface area contributed by atoms with Crippen molar-refractivity contribution in [2.75, 3.05) is 19.0 Å². The van der Waals surface area contributed by atoms with Gasteiger partial charge in [0.2, 0.25) is 0 Å². The van der Waals surface area contributed by atoms with Crippen molar-refractivity contribution in [1.82, 2.24) is 0 Å². The summed E-state index contributed by atoms with van der Waals surface area (Å²) in [5.74, 6) is 0. The number of rotatable bonds is 4. The third-order valence-electron chi connectivity index (χ3n) is 1.92. The minimum Gasteiger partial charge on any atom is -0.383 e. The molecule has 0 aliphatic heterocycles. The van der Waals surface area contributed by atoms with Crippen LogP contribution in [-0.2, 0) is 4.74 Å². The van der Waals surface area contributed by atoms with Crippen LogP contribution in [0.2, 0.25) is 0 Å². The first-order valence-corrected chi connectivity index (χ1v) is 5.41. The van der Waals surface area contributed by atoms with E-state index in [9.17, 15) is 0 Å². The summed E-state index contributed by atoms with van der Waals surface area (Å²) in [5, 5.41) is 12.0. The van der Waals surface area contributed by atoms with E-state index in [1.165, 1.54) is 0 Å². The van der Waals surface area contributed by atoms with Crippen molar-refractivity contribution >= 4 is 21.6 Å². The predicted molar refractivity (Wildman–Crippen MR) is 63.8 cm³/mol. The molecule has 0 bridgehead atoms. The van der Waals surface area contributed by atoms with E-state index in [0.29, 0.717) is 12.2 Å². The van der Waals surface area contributed by atoms with E-state index in [1.54, 1.807) is 19.2 Å². The Bertz CT molecular complexity index is 373. The molecule has 0 aliphatic rings. The molecule has 1 N–H and O–H groups in total. The Balaban J connectivity index is 2.74. The summed E-state index contributed by atoms with van der Waals surface area (Å²) >= 11 is 3.41. The van der Waals surface area contributed by atoms with Gasteiger partial charge >= 0.3 is 0 Å². The lowest BCUT2D eigenvalue weighted by Crippen LogP contribution is -2.20. The molecule has 0 radical (unpaired) electrons. The Morgan fingerprint density at radius 2 is 2.33 bits per heavy atom. The van der Waals surface area contributed by atoms with Crippen molar-refractivity contribution in [1.29, 1.82) is 5.26 Å². The van der Waals surface area contributed by atoms with E-state index < -0.39 is 0 Å². The summed E-state index contributed by atoms with van der Waals surface area (Å²) in [6.07, 6.45) is 0. The summed E-state index contributed by atoms with van der Waals surface area (Å²) in [6.45, 7) is 2.68. The second-order valence-corrected chi connectivity index (χ2v) is 4.16. The fraction of sp³-hybridized carbons (Fsp3) is 0.364. The Morgan fingerprint density at radius 3 is 2.87 bits per heavy atom. The van der Waals surface area contributed by atoms with Crippen LogP contribution in [-0.4, -0.2) is 19.8 Å². The van der Waals surface area contributed by atoms with E-state index in [0.717, 1.165) is 10.2 Å². The van der Waals surface area contributed by atoms with Gasteiger partial charge in [0.15, 0.2) is 0 Å². The molecule has 0 amide bonds. The molecule has 15 heavy (non-hydrogen) atoms. The van der Waals surface area contributed by atoms with E-state index in [4.69, 9.17) is 10.00 Å². The van der Waals surface area contributed by atoms with Crippen LogP contribution in [0.1, 0.15) is 12.5 Å². The van der Waals surface area contributed by atoms with Crippen molar-refractivity contribution in [3.8, 4) is 6.07 Å². The third-order valence-corrected chi connectivity index (χ3v) is 2.57. The van der Waals surface area contributed by atoms with Gasteiger partial charge in [0.05, 0.1) is 18.2 Å². The highest BCUT2D eigenvalue weighted by atomic mass is 79.9. The Hall–Kier alpha value is -1.05. The highest BCUT2D eigenvalue weighted by molar-refractivity contribution is 9.10. The highest BCUT2D eigenvalue weighted by Crippen LogP contribution is 2.23. The lowest BCUT2D eigenvalue weighted by Gasteiger charge is -2.15. The number of hydrogen-bond acceptors (Lipinski definition) is 3. The summed E-state index contributed by atoms with van der Waals surface area (Å²) in [7, 11) is 1.67. The van der Waals surface area contributed by atoms with Gasteiger partial charge in [-0.15, -0.1) is 0 Å². The monoisotopic (exact) mass is 268 g/mol. The first-order chi connectivity index (χ1) is 7.17. The molecule has 0 saturated heterocycles. The van der Waals surface area contributed by atoms with Crippen LogP contribution in [0.3, 0.4) is 0 Å². The van der Waals surface area contributed by atoms with E-state index in [-0.39, 0.29) is 6.04 Å². The zero-order valence-corrected chi connectivity index (χ0v) is 10.3. The number of hydrogen-bond donors (Lipinski definition) is 1. The zero-order chi connectivity index (χ0) is 11.3. The quantitative estimate of drug-likeness (QED) is 0.914. The summed E-state index contributed by atoms with van der Waals surface area (Å²) in [4.78, 5) is 0. The first kappa shape index (κ1) is 12.0. The molecule has 0 aliphatic carbocycles. The average Bonchev–Trinajstić information content (AvgIpc) is 2.21. The molecule has 0 aromatic heterocycles. The molecular weight excluding hydrogens is 256 g/mol. The van der Waals surface area contributed by atoms with E-state index in [2.05, 4.69) is 27.3 Å². The van der Waals surface area contributed by atoms with Crippen LogP contribution >= 0.6 is 15.9 Å². The topological polar surface area (TPSA) is 45.0 Å². The Labute approximate surface area is 98.2 Å². The van der Waals surface area contributed by atoms with Crippen molar-refractivity contribution in [3.63, 3.8) is 0 Å². The molecule has 4 heteroatoms. The predicted octanol–water partition coefficient (Wildman–Crippen LogP) is 2.77. The van der Waals surface area contributed by atoms with Gasteiger partial charge in [-0.2, -0.15) is 5.26 Å². The molecular formula is C11H13BrN2O. The normalized spacial score (nSPS) is 11.9. The fourth-order valence-electron chi connectivity index (χ4n) is 1.26. The Kier molecular flexibility index (Phi) is 4.60. The lowest BCUT2D eigenvalue weighted by atomic mass is 10.2. The van der Waals surface area contributed by atoms with Crippen LogP contribution < -0.4 is 5.32 Å². The van der Waals surface area contributed by atoms with Gasteiger partial charge in [-0.1, -0.05) is 0 Å². The van der Waals surface area contributed by atoms with Crippen molar-refractivity contribution in [2.24, 2.45) is 0 Å². The third kappa shape index (κ3) is 3.54. The van der Waals surface area contributed by atoms with Gasteiger partial charge in [-0.3, -0.25) is 0 Å². The van der Waals surface area contributed by atoms with E-state index >= 15 is 0 Å². The van der Waals surface area contributed by atoms with Gasteiger partial charge in [0, 0.05) is 23.3 Å². The molecule has 0 spiro atoms. The van der Waals surface area contributed by atoms with Crippen molar-refractivity contribution in [2.45, 2.75) is 13.0 Å². The number of benzene rings is 1. The number of ether oxygens (including phenoxy) is 1. The summed E-state index contributed by atoms with van der Waals surface area (Å²) in [5.41, 5.74) is 1.62. The maximum atomic E-state index is 8.71. The Morgan fingerprint density at radius 1 is 1.60 bits per heavy atom. The number of nitrogens with zero attached hydrogens (tertiary/aromatic N) is 1. The SMILES string of the molecule is COC[C@H](C)Nc1ccc(C#N)cc1Br. The number of halogens is 1. The molecule has 0 heterocycles. The lowest BCUT2D eigenvalue weighted by molar-refractivity contribution is 0.190. The highest BCUT2D eigenvalue weighted by Gasteiger charge is 2.05. The van der Waals surface area contributed by atoms with Crippen LogP contribution in [0.4, 0.5) is 5.69 Å². The van der Waals surface area contributed by atoms with Gasteiger partial charge in [-0.25, -0.2) is 0 Å². The molecule has 3 nitrogen and oxygen atoms in total. The zero-order valence-electron chi connectivity index (χ0n) is 8.75. The average molecular weight is 269 g/mol. The molecule has 0 unspecified atom stereocenters. The minimum atomic E-state index is 0.235. The second-order valence-electron chi connectivity index (χ2n) is 3.31. The molecule has 1 atom stereocenters. The molecule has 0 fully saturated rings. The molecule has 80 valence electrons.